The quantitative estimate of drug-likeness (QED) is 0.454. The molecule has 0 aliphatic heterocycles. The van der Waals surface area contributed by atoms with Crippen molar-refractivity contribution in [2.75, 3.05) is 0 Å². The smallest absolute Gasteiger partial charge is 0.217 e. The Labute approximate surface area is 141 Å². The Hall–Kier alpha value is -1.08. The second-order valence-corrected chi connectivity index (χ2v) is 6.97. The van der Waals surface area contributed by atoms with E-state index < -0.39 is 0 Å². The average Bonchev–Trinajstić information content (AvgIpc) is 3.01. The standard InChI is InChI=1S/C15H15ClIN3O/c1-8-7-18-15(21-8)10(3)20-13-5-4-11(17)6-12(13)19-14(20)9(2)16/h4-7,9-10H,1-3H3. The second-order valence-electron chi connectivity index (χ2n) is 5.07. The van der Waals surface area contributed by atoms with Crippen LogP contribution in [0.2, 0.25) is 0 Å². The number of imidazole rings is 1. The summed E-state index contributed by atoms with van der Waals surface area (Å²) >= 11 is 8.61. The number of hydrogen-bond donors (Lipinski definition) is 0. The molecule has 0 radical (unpaired) electrons. The van der Waals surface area contributed by atoms with Crippen LogP contribution >= 0.6 is 34.2 Å². The van der Waals surface area contributed by atoms with Gasteiger partial charge in [0.25, 0.3) is 0 Å². The highest BCUT2D eigenvalue weighted by molar-refractivity contribution is 14.1. The molecule has 1 aromatic carbocycles. The van der Waals surface area contributed by atoms with Gasteiger partial charge >= 0.3 is 0 Å². The molecule has 0 bridgehead atoms. The van der Waals surface area contributed by atoms with Crippen LogP contribution in [0.25, 0.3) is 11.0 Å². The van der Waals surface area contributed by atoms with Gasteiger partial charge in [0, 0.05) is 3.57 Å². The van der Waals surface area contributed by atoms with Gasteiger partial charge < -0.3 is 8.98 Å². The molecular weight excluding hydrogens is 401 g/mol. The fourth-order valence-corrected chi connectivity index (χ4v) is 3.08. The lowest BCUT2D eigenvalue weighted by Crippen LogP contribution is -2.11. The van der Waals surface area contributed by atoms with Gasteiger partial charge in [-0.1, -0.05) is 0 Å². The first-order valence-electron chi connectivity index (χ1n) is 6.71. The Balaban J connectivity index is 2.21. The van der Waals surface area contributed by atoms with Gasteiger partial charge in [-0.2, -0.15) is 0 Å². The van der Waals surface area contributed by atoms with Crippen LogP contribution in [0.3, 0.4) is 0 Å². The van der Waals surface area contributed by atoms with Gasteiger partial charge in [-0.3, -0.25) is 0 Å². The number of benzene rings is 1. The van der Waals surface area contributed by atoms with Crippen molar-refractivity contribution in [3.05, 3.63) is 45.4 Å². The lowest BCUT2D eigenvalue weighted by Gasteiger charge is -2.15. The monoisotopic (exact) mass is 415 g/mol. The van der Waals surface area contributed by atoms with E-state index in [1.165, 1.54) is 0 Å². The van der Waals surface area contributed by atoms with Gasteiger partial charge in [-0.15, -0.1) is 11.6 Å². The normalized spacial score (nSPS) is 14.5. The van der Waals surface area contributed by atoms with Gasteiger partial charge in [0.05, 0.1) is 22.6 Å². The van der Waals surface area contributed by atoms with Gasteiger partial charge in [0.1, 0.15) is 17.6 Å². The van der Waals surface area contributed by atoms with Crippen LogP contribution in [0.4, 0.5) is 0 Å². The summed E-state index contributed by atoms with van der Waals surface area (Å²) in [6.45, 7) is 5.87. The van der Waals surface area contributed by atoms with E-state index in [0.717, 1.165) is 26.2 Å². The summed E-state index contributed by atoms with van der Waals surface area (Å²) in [4.78, 5) is 9.02. The number of halogens is 2. The van der Waals surface area contributed by atoms with Crippen LogP contribution in [0.1, 0.15) is 42.7 Å². The van der Waals surface area contributed by atoms with E-state index in [1.807, 2.05) is 20.8 Å². The molecule has 21 heavy (non-hydrogen) atoms. The maximum Gasteiger partial charge on any atom is 0.217 e. The highest BCUT2D eigenvalue weighted by Gasteiger charge is 2.23. The fourth-order valence-electron chi connectivity index (χ4n) is 2.45. The lowest BCUT2D eigenvalue weighted by molar-refractivity contribution is 0.414. The van der Waals surface area contributed by atoms with Crippen molar-refractivity contribution < 1.29 is 4.42 Å². The third kappa shape index (κ3) is 2.68. The molecule has 0 saturated heterocycles. The Morgan fingerprint density at radius 1 is 1.33 bits per heavy atom. The number of oxazole rings is 1. The molecule has 0 saturated carbocycles. The topological polar surface area (TPSA) is 43.9 Å². The predicted molar refractivity (Wildman–Crippen MR) is 91.8 cm³/mol. The number of fused-ring (bicyclic) bond motifs is 1. The highest BCUT2D eigenvalue weighted by atomic mass is 127. The molecule has 4 nitrogen and oxygen atoms in total. The summed E-state index contributed by atoms with van der Waals surface area (Å²) in [5, 5.41) is -0.187. The first-order chi connectivity index (χ1) is 9.97. The van der Waals surface area contributed by atoms with E-state index >= 15 is 0 Å². The van der Waals surface area contributed by atoms with Gasteiger partial charge in [-0.05, 0) is 61.6 Å². The summed E-state index contributed by atoms with van der Waals surface area (Å²) in [5.74, 6) is 2.30. The minimum atomic E-state index is -0.187. The van der Waals surface area contributed by atoms with E-state index in [0.29, 0.717) is 5.89 Å². The number of hydrogen-bond acceptors (Lipinski definition) is 3. The molecule has 0 spiro atoms. The molecule has 2 heterocycles. The van der Waals surface area contributed by atoms with Crippen molar-refractivity contribution in [2.24, 2.45) is 0 Å². The first kappa shape index (κ1) is 14.8. The van der Waals surface area contributed by atoms with Crippen LogP contribution < -0.4 is 0 Å². The number of rotatable bonds is 3. The van der Waals surface area contributed by atoms with Crippen LogP contribution in [0, 0.1) is 10.5 Å². The molecule has 2 atom stereocenters. The van der Waals surface area contributed by atoms with E-state index in [2.05, 4.69) is 55.3 Å². The van der Waals surface area contributed by atoms with E-state index in [-0.39, 0.29) is 11.4 Å². The van der Waals surface area contributed by atoms with Crippen molar-refractivity contribution in [3.63, 3.8) is 0 Å². The molecular formula is C15H15ClIN3O. The van der Waals surface area contributed by atoms with Crippen LogP contribution in [-0.4, -0.2) is 14.5 Å². The zero-order valence-corrected chi connectivity index (χ0v) is 14.9. The predicted octanol–water partition coefficient (Wildman–Crippen LogP) is 4.85. The third-order valence-corrected chi connectivity index (χ3v) is 4.28. The molecule has 0 fully saturated rings. The van der Waals surface area contributed by atoms with Crippen molar-refractivity contribution in [2.45, 2.75) is 32.2 Å². The van der Waals surface area contributed by atoms with E-state index in [4.69, 9.17) is 16.0 Å². The minimum Gasteiger partial charge on any atom is -0.444 e. The summed E-state index contributed by atoms with van der Waals surface area (Å²) in [6.07, 6.45) is 1.73. The van der Waals surface area contributed by atoms with Crippen molar-refractivity contribution in [1.29, 1.82) is 0 Å². The van der Waals surface area contributed by atoms with Gasteiger partial charge in [0.2, 0.25) is 5.89 Å². The molecule has 0 aliphatic carbocycles. The van der Waals surface area contributed by atoms with Crippen molar-refractivity contribution in [1.82, 2.24) is 14.5 Å². The molecule has 0 aliphatic rings. The Bertz CT molecular complexity index is 793. The molecule has 0 N–H and O–H groups in total. The highest BCUT2D eigenvalue weighted by Crippen LogP contribution is 2.31. The second kappa shape index (κ2) is 5.61. The summed E-state index contributed by atoms with van der Waals surface area (Å²) in [5.41, 5.74) is 1.99. The Kier molecular flexibility index (Phi) is 3.96. The Morgan fingerprint density at radius 2 is 2.10 bits per heavy atom. The molecule has 110 valence electrons. The van der Waals surface area contributed by atoms with E-state index in [1.54, 1.807) is 6.20 Å². The zero-order valence-electron chi connectivity index (χ0n) is 12.0. The molecule has 0 amide bonds. The number of nitrogens with zero attached hydrogens (tertiary/aromatic N) is 3. The zero-order chi connectivity index (χ0) is 15.1. The van der Waals surface area contributed by atoms with Crippen LogP contribution in [-0.2, 0) is 0 Å². The molecule has 3 rings (SSSR count). The van der Waals surface area contributed by atoms with E-state index in [9.17, 15) is 0 Å². The SMILES string of the molecule is Cc1cnc(C(C)n2c(C(C)Cl)nc3cc(I)ccc32)o1. The van der Waals surface area contributed by atoms with Crippen molar-refractivity contribution in [3.8, 4) is 0 Å². The molecule has 6 heteroatoms. The fraction of sp³-hybridized carbons (Fsp3) is 0.333. The summed E-state index contributed by atoms with van der Waals surface area (Å²) in [6, 6.07) is 6.14. The number of aryl methyl sites for hydroxylation is 1. The first-order valence-corrected chi connectivity index (χ1v) is 8.22. The Morgan fingerprint density at radius 3 is 2.71 bits per heavy atom. The van der Waals surface area contributed by atoms with Gasteiger partial charge in [-0.25, -0.2) is 9.97 Å². The minimum absolute atomic E-state index is 0.0556. The van der Waals surface area contributed by atoms with Crippen LogP contribution in [0.5, 0.6) is 0 Å². The molecule has 2 aromatic heterocycles. The summed E-state index contributed by atoms with van der Waals surface area (Å²) < 4.78 is 8.93. The summed E-state index contributed by atoms with van der Waals surface area (Å²) in [7, 11) is 0. The third-order valence-electron chi connectivity index (χ3n) is 3.42. The lowest BCUT2D eigenvalue weighted by atomic mass is 10.2. The largest absolute Gasteiger partial charge is 0.444 e. The maximum absolute atomic E-state index is 6.32. The molecule has 3 aromatic rings. The van der Waals surface area contributed by atoms with Crippen LogP contribution in [0.15, 0.2) is 28.8 Å². The maximum atomic E-state index is 6.32. The molecule has 2 unspecified atom stereocenters. The average molecular weight is 416 g/mol. The number of alkyl halides is 1. The van der Waals surface area contributed by atoms with Gasteiger partial charge in [0.15, 0.2) is 0 Å². The number of aromatic nitrogens is 3. The van der Waals surface area contributed by atoms with Crippen molar-refractivity contribution >= 4 is 45.2 Å².